The summed E-state index contributed by atoms with van der Waals surface area (Å²) in [6.07, 6.45) is 1.12. The zero-order valence-corrected chi connectivity index (χ0v) is 10.8. The zero-order valence-electron chi connectivity index (χ0n) is 10.8. The molecule has 1 aromatic rings. The van der Waals surface area contributed by atoms with Gasteiger partial charge in [-0.2, -0.15) is 0 Å². The highest BCUT2D eigenvalue weighted by Gasteiger charge is 1.94. The van der Waals surface area contributed by atoms with Gasteiger partial charge in [0.1, 0.15) is 5.82 Å². The average Bonchev–Trinajstić information content (AvgIpc) is 2.30. The van der Waals surface area contributed by atoms with Gasteiger partial charge in [-0.15, -0.1) is 0 Å². The molecule has 0 radical (unpaired) electrons. The lowest BCUT2D eigenvalue weighted by atomic mass is 10.2. The van der Waals surface area contributed by atoms with Crippen molar-refractivity contribution in [2.24, 2.45) is 5.92 Å². The molecule has 0 amide bonds. The lowest BCUT2D eigenvalue weighted by molar-refractivity contribution is 0.530. The standard InChI is InChI=1S/C14H23FN2/c1-12(2)10-16-8-3-9-17-11-13-4-6-14(15)7-5-13/h4-7,12,16-17H,3,8-11H2,1-2H3. The Morgan fingerprint density at radius 3 is 2.35 bits per heavy atom. The van der Waals surface area contributed by atoms with Crippen molar-refractivity contribution in [2.75, 3.05) is 19.6 Å². The first-order valence-corrected chi connectivity index (χ1v) is 6.34. The minimum Gasteiger partial charge on any atom is -0.316 e. The molecular weight excluding hydrogens is 215 g/mol. The van der Waals surface area contributed by atoms with Crippen LogP contribution in [-0.2, 0) is 6.54 Å². The van der Waals surface area contributed by atoms with Crippen LogP contribution in [-0.4, -0.2) is 19.6 Å². The number of nitrogens with one attached hydrogen (secondary N) is 2. The van der Waals surface area contributed by atoms with E-state index in [0.717, 1.165) is 38.2 Å². The molecular formula is C14H23FN2. The molecule has 0 saturated carbocycles. The summed E-state index contributed by atoms with van der Waals surface area (Å²) in [5.41, 5.74) is 1.13. The van der Waals surface area contributed by atoms with Crippen molar-refractivity contribution >= 4 is 0 Å². The Bertz CT molecular complexity index is 296. The molecule has 0 heterocycles. The highest BCUT2D eigenvalue weighted by molar-refractivity contribution is 5.15. The van der Waals surface area contributed by atoms with Crippen LogP contribution >= 0.6 is 0 Å². The Kier molecular flexibility index (Phi) is 6.82. The quantitative estimate of drug-likeness (QED) is 0.680. The van der Waals surface area contributed by atoms with Gasteiger partial charge in [-0.1, -0.05) is 26.0 Å². The van der Waals surface area contributed by atoms with E-state index in [1.54, 1.807) is 0 Å². The van der Waals surface area contributed by atoms with Crippen LogP contribution in [0.2, 0.25) is 0 Å². The van der Waals surface area contributed by atoms with Crippen molar-refractivity contribution < 1.29 is 4.39 Å². The SMILES string of the molecule is CC(C)CNCCCNCc1ccc(F)cc1. The van der Waals surface area contributed by atoms with E-state index in [1.165, 1.54) is 12.1 Å². The molecule has 0 spiro atoms. The van der Waals surface area contributed by atoms with Crippen LogP contribution in [0.15, 0.2) is 24.3 Å². The molecule has 17 heavy (non-hydrogen) atoms. The van der Waals surface area contributed by atoms with Gasteiger partial charge in [0.25, 0.3) is 0 Å². The van der Waals surface area contributed by atoms with Gasteiger partial charge in [-0.3, -0.25) is 0 Å². The first-order valence-electron chi connectivity index (χ1n) is 6.34. The van der Waals surface area contributed by atoms with Crippen molar-refractivity contribution in [3.8, 4) is 0 Å². The first kappa shape index (κ1) is 14.1. The maximum atomic E-state index is 12.7. The van der Waals surface area contributed by atoms with Gasteiger partial charge >= 0.3 is 0 Å². The van der Waals surface area contributed by atoms with E-state index in [2.05, 4.69) is 24.5 Å². The predicted molar refractivity (Wildman–Crippen MR) is 70.4 cm³/mol. The second-order valence-electron chi connectivity index (χ2n) is 4.75. The van der Waals surface area contributed by atoms with Gasteiger partial charge in [0, 0.05) is 6.54 Å². The van der Waals surface area contributed by atoms with Gasteiger partial charge in [0.05, 0.1) is 0 Å². The molecule has 0 aliphatic heterocycles. The Balaban J connectivity index is 1.99. The van der Waals surface area contributed by atoms with E-state index in [4.69, 9.17) is 0 Å². The van der Waals surface area contributed by atoms with Gasteiger partial charge in [-0.05, 0) is 49.7 Å². The molecule has 2 nitrogen and oxygen atoms in total. The largest absolute Gasteiger partial charge is 0.316 e. The number of rotatable bonds is 8. The van der Waals surface area contributed by atoms with Gasteiger partial charge in [-0.25, -0.2) is 4.39 Å². The Labute approximate surface area is 104 Å². The third-order valence-electron chi connectivity index (χ3n) is 2.50. The van der Waals surface area contributed by atoms with Crippen molar-refractivity contribution in [3.05, 3.63) is 35.6 Å². The topological polar surface area (TPSA) is 24.1 Å². The van der Waals surface area contributed by atoms with Crippen molar-refractivity contribution in [1.29, 1.82) is 0 Å². The van der Waals surface area contributed by atoms with Crippen molar-refractivity contribution in [3.63, 3.8) is 0 Å². The molecule has 2 N–H and O–H groups in total. The molecule has 0 fully saturated rings. The maximum Gasteiger partial charge on any atom is 0.123 e. The summed E-state index contributed by atoms with van der Waals surface area (Å²) in [6, 6.07) is 6.64. The summed E-state index contributed by atoms with van der Waals surface area (Å²) >= 11 is 0. The fourth-order valence-electron chi connectivity index (χ4n) is 1.56. The molecule has 0 aliphatic rings. The Morgan fingerprint density at radius 1 is 1.06 bits per heavy atom. The summed E-state index contributed by atoms with van der Waals surface area (Å²) < 4.78 is 12.7. The molecule has 0 aromatic heterocycles. The lowest BCUT2D eigenvalue weighted by Gasteiger charge is -2.08. The number of hydrogen-bond donors (Lipinski definition) is 2. The van der Waals surface area contributed by atoms with E-state index >= 15 is 0 Å². The highest BCUT2D eigenvalue weighted by atomic mass is 19.1. The number of benzene rings is 1. The average molecular weight is 238 g/mol. The molecule has 0 bridgehead atoms. The van der Waals surface area contributed by atoms with E-state index < -0.39 is 0 Å². The minimum absolute atomic E-state index is 0.174. The molecule has 1 aromatic carbocycles. The van der Waals surface area contributed by atoms with Crippen LogP contribution in [0.5, 0.6) is 0 Å². The second-order valence-corrected chi connectivity index (χ2v) is 4.75. The Morgan fingerprint density at radius 2 is 1.71 bits per heavy atom. The summed E-state index contributed by atoms with van der Waals surface area (Å²) in [5, 5.41) is 6.75. The molecule has 96 valence electrons. The lowest BCUT2D eigenvalue weighted by Crippen LogP contribution is -2.24. The van der Waals surface area contributed by atoms with Crippen LogP contribution in [0.1, 0.15) is 25.8 Å². The molecule has 0 unspecified atom stereocenters. The summed E-state index contributed by atoms with van der Waals surface area (Å²) in [4.78, 5) is 0. The molecule has 0 saturated heterocycles. The van der Waals surface area contributed by atoms with Crippen LogP contribution in [0.25, 0.3) is 0 Å². The van der Waals surface area contributed by atoms with Crippen molar-refractivity contribution in [1.82, 2.24) is 10.6 Å². The third kappa shape index (κ3) is 7.08. The number of halogens is 1. The van der Waals surface area contributed by atoms with Crippen molar-refractivity contribution in [2.45, 2.75) is 26.8 Å². The van der Waals surface area contributed by atoms with Crippen LogP contribution < -0.4 is 10.6 Å². The minimum atomic E-state index is -0.174. The fraction of sp³-hybridized carbons (Fsp3) is 0.571. The molecule has 1 rings (SSSR count). The smallest absolute Gasteiger partial charge is 0.123 e. The zero-order chi connectivity index (χ0) is 12.5. The molecule has 3 heteroatoms. The van der Waals surface area contributed by atoms with Crippen LogP contribution in [0.4, 0.5) is 4.39 Å². The third-order valence-corrected chi connectivity index (χ3v) is 2.50. The fourth-order valence-corrected chi connectivity index (χ4v) is 1.56. The normalized spacial score (nSPS) is 11.1. The molecule has 0 aliphatic carbocycles. The number of hydrogen-bond acceptors (Lipinski definition) is 2. The van der Waals surface area contributed by atoms with Crippen LogP contribution in [0.3, 0.4) is 0 Å². The monoisotopic (exact) mass is 238 g/mol. The van der Waals surface area contributed by atoms with Gasteiger partial charge in [0.15, 0.2) is 0 Å². The summed E-state index contributed by atoms with van der Waals surface area (Å²) in [5.74, 6) is 0.536. The first-order chi connectivity index (χ1) is 8.18. The molecule has 0 atom stereocenters. The second kappa shape index (κ2) is 8.20. The van der Waals surface area contributed by atoms with E-state index in [0.29, 0.717) is 5.92 Å². The highest BCUT2D eigenvalue weighted by Crippen LogP contribution is 2.01. The van der Waals surface area contributed by atoms with E-state index in [1.807, 2.05) is 12.1 Å². The Hall–Kier alpha value is -0.930. The van der Waals surface area contributed by atoms with Gasteiger partial charge < -0.3 is 10.6 Å². The summed E-state index contributed by atoms with van der Waals surface area (Å²) in [7, 11) is 0. The predicted octanol–water partition coefficient (Wildman–Crippen LogP) is 2.55. The van der Waals surface area contributed by atoms with E-state index in [-0.39, 0.29) is 5.82 Å². The van der Waals surface area contributed by atoms with E-state index in [9.17, 15) is 4.39 Å². The van der Waals surface area contributed by atoms with Gasteiger partial charge in [0.2, 0.25) is 0 Å². The van der Waals surface area contributed by atoms with Crippen LogP contribution in [0, 0.1) is 11.7 Å². The summed E-state index contributed by atoms with van der Waals surface area (Å²) in [6.45, 7) is 8.35. The maximum absolute atomic E-state index is 12.7.